The van der Waals surface area contributed by atoms with Gasteiger partial charge in [-0.15, -0.1) is 11.8 Å². The Bertz CT molecular complexity index is 319. The highest BCUT2D eigenvalue weighted by Gasteiger charge is 2.06. The van der Waals surface area contributed by atoms with Crippen molar-refractivity contribution in [3.63, 3.8) is 0 Å². The first-order chi connectivity index (χ1) is 8.17. The van der Waals surface area contributed by atoms with Crippen molar-refractivity contribution < 1.29 is 10.2 Å². The summed E-state index contributed by atoms with van der Waals surface area (Å²) < 4.78 is 0. The lowest BCUT2D eigenvalue weighted by molar-refractivity contribution is 0.113. The highest BCUT2D eigenvalue weighted by atomic mass is 32.2. The molecule has 0 radical (unpaired) electrons. The highest BCUT2D eigenvalue weighted by Crippen LogP contribution is 2.18. The van der Waals surface area contributed by atoms with Crippen molar-refractivity contribution in [3.8, 4) is 0 Å². The van der Waals surface area contributed by atoms with Crippen molar-refractivity contribution in [2.24, 2.45) is 0 Å². The predicted molar refractivity (Wildman–Crippen MR) is 70.1 cm³/mol. The van der Waals surface area contributed by atoms with Crippen LogP contribution in [0.3, 0.4) is 0 Å². The lowest BCUT2D eigenvalue weighted by atomic mass is 10.1. The van der Waals surface area contributed by atoms with Crippen LogP contribution in [0.25, 0.3) is 0 Å². The van der Waals surface area contributed by atoms with E-state index in [0.29, 0.717) is 11.8 Å². The van der Waals surface area contributed by atoms with Crippen molar-refractivity contribution in [2.45, 2.75) is 31.0 Å². The maximum absolute atomic E-state index is 9.22. The first kappa shape index (κ1) is 14.4. The van der Waals surface area contributed by atoms with Crippen LogP contribution in [-0.2, 0) is 0 Å². The van der Waals surface area contributed by atoms with E-state index in [4.69, 9.17) is 5.11 Å². The second-order valence-corrected chi connectivity index (χ2v) is 4.90. The number of hydrogen-bond donors (Lipinski definition) is 3. The first-order valence-electron chi connectivity index (χ1n) is 5.78. The quantitative estimate of drug-likeness (QED) is 0.640. The third-order valence-corrected chi connectivity index (χ3v) is 3.49. The van der Waals surface area contributed by atoms with Gasteiger partial charge in [-0.2, -0.15) is 0 Å². The molecule has 0 aliphatic heterocycles. The van der Waals surface area contributed by atoms with Crippen molar-refractivity contribution >= 4 is 11.8 Å². The Hall–Kier alpha value is -0.620. The molecular formula is C12H20N2O2S. The van der Waals surface area contributed by atoms with Gasteiger partial charge in [0.15, 0.2) is 0 Å². The van der Waals surface area contributed by atoms with Crippen molar-refractivity contribution in [1.82, 2.24) is 10.3 Å². The Morgan fingerprint density at radius 2 is 2.24 bits per heavy atom. The van der Waals surface area contributed by atoms with Crippen LogP contribution in [0, 0.1) is 0 Å². The van der Waals surface area contributed by atoms with Crippen LogP contribution in [0.4, 0.5) is 0 Å². The zero-order valence-electron chi connectivity index (χ0n) is 10.3. The number of aliphatic hydroxyl groups is 2. The van der Waals surface area contributed by atoms with Crippen molar-refractivity contribution in [1.29, 1.82) is 0 Å². The topological polar surface area (TPSA) is 65.4 Å². The van der Waals surface area contributed by atoms with E-state index >= 15 is 0 Å². The molecule has 2 unspecified atom stereocenters. The van der Waals surface area contributed by atoms with Gasteiger partial charge in [-0.1, -0.05) is 13.0 Å². The lowest BCUT2D eigenvalue weighted by Gasteiger charge is -2.12. The van der Waals surface area contributed by atoms with Crippen molar-refractivity contribution in [3.05, 3.63) is 23.9 Å². The summed E-state index contributed by atoms with van der Waals surface area (Å²) in [6.45, 7) is 4.90. The molecule has 3 N–H and O–H groups in total. The van der Waals surface area contributed by atoms with Crippen LogP contribution in [0.15, 0.2) is 23.4 Å². The Kier molecular flexibility index (Phi) is 6.50. The number of aliphatic hydroxyl groups excluding tert-OH is 2. The minimum atomic E-state index is -0.679. The Balaban J connectivity index is 2.50. The summed E-state index contributed by atoms with van der Waals surface area (Å²) in [5.41, 5.74) is 1.15. The third kappa shape index (κ3) is 5.04. The van der Waals surface area contributed by atoms with Gasteiger partial charge in [-0.05, 0) is 25.1 Å². The molecule has 0 bridgehead atoms. The molecule has 5 heteroatoms. The number of hydrogen-bond acceptors (Lipinski definition) is 5. The van der Waals surface area contributed by atoms with E-state index in [-0.39, 0.29) is 6.61 Å². The average molecular weight is 256 g/mol. The van der Waals surface area contributed by atoms with Gasteiger partial charge in [0.2, 0.25) is 0 Å². The Labute approximate surface area is 106 Å². The zero-order chi connectivity index (χ0) is 12.7. The molecule has 1 aromatic heterocycles. The molecule has 1 aromatic rings. The summed E-state index contributed by atoms with van der Waals surface area (Å²) in [7, 11) is 0. The van der Waals surface area contributed by atoms with E-state index in [1.807, 2.05) is 18.3 Å². The summed E-state index contributed by atoms with van der Waals surface area (Å²) in [5.74, 6) is 0.464. The molecule has 1 rings (SSSR count). The molecule has 0 saturated carbocycles. The van der Waals surface area contributed by atoms with Crippen LogP contribution in [0.5, 0.6) is 0 Å². The minimum Gasteiger partial charge on any atom is -0.394 e. The normalized spacial score (nSPS) is 14.6. The van der Waals surface area contributed by atoms with E-state index in [2.05, 4.69) is 24.1 Å². The molecule has 96 valence electrons. The molecule has 0 aromatic carbocycles. The van der Waals surface area contributed by atoms with Crippen LogP contribution in [0.1, 0.15) is 25.5 Å². The fraction of sp³-hybridized carbons (Fsp3) is 0.583. The number of pyridine rings is 1. The van der Waals surface area contributed by atoms with Crippen LogP contribution < -0.4 is 5.32 Å². The second-order valence-electron chi connectivity index (χ2n) is 3.86. The molecule has 2 atom stereocenters. The molecular weight excluding hydrogens is 236 g/mol. The van der Waals surface area contributed by atoms with E-state index in [9.17, 15) is 5.11 Å². The largest absolute Gasteiger partial charge is 0.394 e. The molecule has 1 heterocycles. The number of rotatable bonds is 7. The molecule has 0 spiro atoms. The third-order valence-electron chi connectivity index (χ3n) is 2.40. The number of aromatic nitrogens is 1. The van der Waals surface area contributed by atoms with Gasteiger partial charge in [0.25, 0.3) is 0 Å². The summed E-state index contributed by atoms with van der Waals surface area (Å²) in [4.78, 5) is 4.32. The Morgan fingerprint density at radius 1 is 1.47 bits per heavy atom. The fourth-order valence-corrected chi connectivity index (χ4v) is 2.15. The van der Waals surface area contributed by atoms with Crippen molar-refractivity contribution in [2.75, 3.05) is 18.9 Å². The number of nitrogens with zero attached hydrogens (tertiary/aromatic N) is 1. The SMILES string of the molecule is CCNC(C)c1ccc(SCC(O)CO)nc1. The van der Waals surface area contributed by atoms with Gasteiger partial charge in [-0.25, -0.2) is 4.98 Å². The van der Waals surface area contributed by atoms with Crippen LogP contribution in [0.2, 0.25) is 0 Å². The minimum absolute atomic E-state index is 0.206. The van der Waals surface area contributed by atoms with E-state index in [1.165, 1.54) is 11.8 Å². The van der Waals surface area contributed by atoms with Crippen LogP contribution >= 0.6 is 11.8 Å². The van der Waals surface area contributed by atoms with Gasteiger partial charge in [0.1, 0.15) is 0 Å². The van der Waals surface area contributed by atoms with E-state index in [0.717, 1.165) is 17.1 Å². The molecule has 0 fully saturated rings. The second kappa shape index (κ2) is 7.66. The molecule has 0 saturated heterocycles. The highest BCUT2D eigenvalue weighted by molar-refractivity contribution is 7.99. The summed E-state index contributed by atoms with van der Waals surface area (Å²) in [5, 5.41) is 22.1. The van der Waals surface area contributed by atoms with Gasteiger partial charge in [-0.3, -0.25) is 0 Å². The summed E-state index contributed by atoms with van der Waals surface area (Å²) in [6.07, 6.45) is 1.17. The maximum atomic E-state index is 9.22. The fourth-order valence-electron chi connectivity index (χ4n) is 1.39. The number of nitrogens with one attached hydrogen (secondary N) is 1. The maximum Gasteiger partial charge on any atom is 0.0960 e. The standard InChI is InChI=1S/C12H20N2O2S/c1-3-13-9(2)10-4-5-12(14-6-10)17-8-11(16)7-15/h4-6,9,11,13,15-16H,3,7-8H2,1-2H3. The molecule has 0 aliphatic carbocycles. The molecule has 0 amide bonds. The number of thioether (sulfide) groups is 1. The first-order valence-corrected chi connectivity index (χ1v) is 6.77. The predicted octanol–water partition coefficient (Wildman–Crippen LogP) is 1.20. The monoisotopic (exact) mass is 256 g/mol. The smallest absolute Gasteiger partial charge is 0.0960 e. The van der Waals surface area contributed by atoms with Gasteiger partial charge in [0.05, 0.1) is 17.7 Å². The average Bonchev–Trinajstić information content (AvgIpc) is 2.36. The zero-order valence-corrected chi connectivity index (χ0v) is 11.1. The van der Waals surface area contributed by atoms with Crippen LogP contribution in [-0.4, -0.2) is 40.2 Å². The van der Waals surface area contributed by atoms with Gasteiger partial charge in [0, 0.05) is 18.0 Å². The van der Waals surface area contributed by atoms with Gasteiger partial charge < -0.3 is 15.5 Å². The van der Waals surface area contributed by atoms with E-state index < -0.39 is 6.10 Å². The molecule has 0 aliphatic rings. The molecule has 17 heavy (non-hydrogen) atoms. The summed E-state index contributed by atoms with van der Waals surface area (Å²) in [6, 6.07) is 4.28. The molecule has 4 nitrogen and oxygen atoms in total. The Morgan fingerprint density at radius 3 is 2.76 bits per heavy atom. The summed E-state index contributed by atoms with van der Waals surface area (Å²) >= 11 is 1.45. The van der Waals surface area contributed by atoms with E-state index in [1.54, 1.807) is 0 Å². The van der Waals surface area contributed by atoms with Gasteiger partial charge >= 0.3 is 0 Å². The lowest BCUT2D eigenvalue weighted by Crippen LogP contribution is -2.17.